The Morgan fingerprint density at radius 1 is 1.28 bits per heavy atom. The lowest BCUT2D eigenvalue weighted by Gasteiger charge is -2.44. The van der Waals surface area contributed by atoms with Crippen LogP contribution in [0, 0.1) is 19.7 Å². The maximum atomic E-state index is 15.1. The van der Waals surface area contributed by atoms with Crippen LogP contribution in [0.4, 0.5) is 10.1 Å². The Hall–Kier alpha value is -2.69. The summed E-state index contributed by atoms with van der Waals surface area (Å²) in [5.74, 6) is -2.27. The number of aromatic amines is 1. The molecular formula is C21H22ClFN4O4S. The average Bonchev–Trinajstić information content (AvgIpc) is 3.17. The van der Waals surface area contributed by atoms with Gasteiger partial charge in [0.05, 0.1) is 12.4 Å². The van der Waals surface area contributed by atoms with Gasteiger partial charge in [-0.05, 0) is 61.7 Å². The number of hydrogen-bond donors (Lipinski definition) is 2. The van der Waals surface area contributed by atoms with E-state index >= 15 is 4.39 Å². The first kappa shape index (κ1) is 22.5. The van der Waals surface area contributed by atoms with E-state index in [0.717, 1.165) is 9.87 Å². The number of nitrogens with zero attached hydrogens (tertiary/aromatic N) is 2. The minimum absolute atomic E-state index is 0.00546. The van der Waals surface area contributed by atoms with E-state index in [9.17, 15) is 13.2 Å². The molecule has 0 saturated carbocycles. The Labute approximate surface area is 189 Å². The number of nitrogens with one attached hydrogen (secondary N) is 2. The third kappa shape index (κ3) is 3.33. The van der Waals surface area contributed by atoms with Crippen molar-refractivity contribution in [3.63, 3.8) is 0 Å². The lowest BCUT2D eigenvalue weighted by molar-refractivity contribution is 0.135. The number of benzene rings is 2. The highest BCUT2D eigenvalue weighted by atomic mass is 35.5. The molecule has 0 fully saturated rings. The zero-order chi connectivity index (χ0) is 23.4. The monoisotopic (exact) mass is 480 g/mol. The molecule has 3 aromatic rings. The van der Waals surface area contributed by atoms with Gasteiger partial charge in [-0.15, -0.1) is 5.10 Å². The quantitative estimate of drug-likeness (QED) is 0.587. The number of aromatic nitrogens is 2. The fourth-order valence-electron chi connectivity index (χ4n) is 4.21. The summed E-state index contributed by atoms with van der Waals surface area (Å²) < 4.78 is 48.9. The topological polar surface area (TPSA) is 108 Å². The Bertz CT molecular complexity index is 1370. The fourth-order valence-corrected chi connectivity index (χ4v) is 6.24. The number of fused-ring (bicyclic) bond motifs is 1. The smallest absolute Gasteiger partial charge is 0.390 e. The van der Waals surface area contributed by atoms with Crippen molar-refractivity contribution in [1.29, 1.82) is 0 Å². The average molecular weight is 481 g/mol. The molecular weight excluding hydrogens is 459 g/mol. The first-order chi connectivity index (χ1) is 15.0. The first-order valence-electron chi connectivity index (χ1n) is 9.85. The van der Waals surface area contributed by atoms with Gasteiger partial charge in [0.1, 0.15) is 16.3 Å². The van der Waals surface area contributed by atoms with Crippen molar-refractivity contribution in [3.05, 3.63) is 74.3 Å². The van der Waals surface area contributed by atoms with Crippen molar-refractivity contribution in [2.24, 2.45) is 0 Å². The molecule has 0 saturated heterocycles. The molecule has 2 heterocycles. The van der Waals surface area contributed by atoms with E-state index in [0.29, 0.717) is 21.8 Å². The maximum Gasteiger partial charge on any atom is 0.434 e. The van der Waals surface area contributed by atoms with E-state index in [-0.39, 0.29) is 17.5 Å². The summed E-state index contributed by atoms with van der Waals surface area (Å²) in [6, 6.07) is 7.40. The predicted molar refractivity (Wildman–Crippen MR) is 118 cm³/mol. The van der Waals surface area contributed by atoms with E-state index < -0.39 is 33.1 Å². The number of anilines is 1. The molecule has 0 radical (unpaired) electrons. The minimum Gasteiger partial charge on any atom is -0.390 e. The van der Waals surface area contributed by atoms with Crippen LogP contribution in [0.2, 0.25) is 5.02 Å². The van der Waals surface area contributed by atoms with E-state index in [1.54, 1.807) is 26.8 Å². The molecule has 0 unspecified atom stereocenters. The van der Waals surface area contributed by atoms with Gasteiger partial charge in [-0.25, -0.2) is 22.7 Å². The van der Waals surface area contributed by atoms with Gasteiger partial charge in [0.2, 0.25) is 15.9 Å². The van der Waals surface area contributed by atoms with Gasteiger partial charge in [0, 0.05) is 10.9 Å². The molecule has 170 valence electrons. The van der Waals surface area contributed by atoms with E-state index in [1.165, 1.54) is 24.3 Å². The normalized spacial score (nSPS) is 18.4. The van der Waals surface area contributed by atoms with Crippen LogP contribution in [0.3, 0.4) is 0 Å². The summed E-state index contributed by atoms with van der Waals surface area (Å²) in [6.45, 7) is 6.70. The minimum atomic E-state index is -4.11. The number of hydrogen-bond acceptors (Lipinski definition) is 6. The Morgan fingerprint density at radius 2 is 2.00 bits per heavy atom. The van der Waals surface area contributed by atoms with Crippen LogP contribution in [0.5, 0.6) is 0 Å². The van der Waals surface area contributed by atoms with Crippen LogP contribution in [-0.2, 0) is 15.6 Å². The highest BCUT2D eigenvalue weighted by molar-refractivity contribution is 7.89. The van der Waals surface area contributed by atoms with Crippen LogP contribution >= 0.6 is 11.6 Å². The maximum absolute atomic E-state index is 15.1. The molecule has 2 aromatic carbocycles. The first-order valence-corrected chi connectivity index (χ1v) is 11.7. The van der Waals surface area contributed by atoms with Gasteiger partial charge in [-0.1, -0.05) is 24.6 Å². The third-order valence-electron chi connectivity index (χ3n) is 6.32. The van der Waals surface area contributed by atoms with Gasteiger partial charge >= 0.3 is 5.76 Å². The summed E-state index contributed by atoms with van der Waals surface area (Å²) in [6.07, 6.45) is 0. The molecule has 4 rings (SSSR count). The Kier molecular flexibility index (Phi) is 5.43. The zero-order valence-electron chi connectivity index (χ0n) is 17.9. The van der Waals surface area contributed by atoms with Crippen molar-refractivity contribution >= 4 is 27.3 Å². The standard InChI is InChI=1S/C21H22ClFN4O4S/c1-11-5-7-15(23)18(12(11)2)13(3)21(4,19-25-26-20(28)31-19)27-10-24-16-9-14(22)6-8-17(16)32(27,29)30/h5-9,13,24H,10H2,1-4H3,(H,26,28)/t13-,21+/m1/s1. The van der Waals surface area contributed by atoms with E-state index in [4.69, 9.17) is 16.0 Å². The Morgan fingerprint density at radius 3 is 2.66 bits per heavy atom. The lowest BCUT2D eigenvalue weighted by Crippen LogP contribution is -2.54. The second-order valence-corrected chi connectivity index (χ2v) is 10.3. The molecule has 32 heavy (non-hydrogen) atoms. The molecule has 0 aliphatic carbocycles. The number of H-pyrrole nitrogens is 1. The molecule has 2 N–H and O–H groups in total. The Balaban J connectivity index is 1.96. The second-order valence-electron chi connectivity index (χ2n) is 8.02. The second kappa shape index (κ2) is 7.72. The van der Waals surface area contributed by atoms with Gasteiger partial charge in [0.25, 0.3) is 0 Å². The number of halogens is 2. The van der Waals surface area contributed by atoms with Crippen LogP contribution < -0.4 is 11.1 Å². The molecule has 0 bridgehead atoms. The molecule has 11 heteroatoms. The van der Waals surface area contributed by atoms with Gasteiger partial charge in [-0.2, -0.15) is 4.31 Å². The molecule has 2 atom stereocenters. The highest BCUT2D eigenvalue weighted by Gasteiger charge is 2.52. The molecule has 1 aromatic heterocycles. The van der Waals surface area contributed by atoms with Crippen LogP contribution in [-0.4, -0.2) is 29.6 Å². The molecule has 1 aliphatic heterocycles. The largest absolute Gasteiger partial charge is 0.434 e. The summed E-state index contributed by atoms with van der Waals surface area (Å²) >= 11 is 6.02. The summed E-state index contributed by atoms with van der Waals surface area (Å²) in [4.78, 5) is 11.8. The fraction of sp³-hybridized carbons (Fsp3) is 0.333. The number of sulfonamides is 1. The van der Waals surface area contributed by atoms with Crippen LogP contribution in [0.1, 0.15) is 42.3 Å². The van der Waals surface area contributed by atoms with Crippen molar-refractivity contribution in [2.75, 3.05) is 12.0 Å². The third-order valence-corrected chi connectivity index (χ3v) is 8.56. The van der Waals surface area contributed by atoms with Crippen LogP contribution in [0.25, 0.3) is 0 Å². The predicted octanol–water partition coefficient (Wildman–Crippen LogP) is 3.87. The van der Waals surface area contributed by atoms with Crippen molar-refractivity contribution in [2.45, 2.75) is 44.0 Å². The highest BCUT2D eigenvalue weighted by Crippen LogP contribution is 2.47. The molecule has 0 spiro atoms. The number of rotatable bonds is 4. The molecule has 1 aliphatic rings. The SMILES string of the molecule is Cc1ccc(F)c([C@@H](C)[C@@](C)(c2n[nH]c(=O)o2)N2CNc3cc(Cl)ccc3S2(=O)=O)c1C. The van der Waals surface area contributed by atoms with Gasteiger partial charge < -0.3 is 9.73 Å². The summed E-state index contributed by atoms with van der Waals surface area (Å²) in [7, 11) is -4.11. The summed E-state index contributed by atoms with van der Waals surface area (Å²) in [5, 5.41) is 9.56. The van der Waals surface area contributed by atoms with Gasteiger partial charge in [0.15, 0.2) is 0 Å². The van der Waals surface area contributed by atoms with Crippen LogP contribution in [0.15, 0.2) is 44.4 Å². The lowest BCUT2D eigenvalue weighted by atomic mass is 9.79. The van der Waals surface area contributed by atoms with Crippen molar-refractivity contribution < 1.29 is 17.2 Å². The van der Waals surface area contributed by atoms with Gasteiger partial charge in [-0.3, -0.25) is 0 Å². The molecule has 8 nitrogen and oxygen atoms in total. The van der Waals surface area contributed by atoms with Crippen molar-refractivity contribution in [3.8, 4) is 0 Å². The van der Waals surface area contributed by atoms with Crippen molar-refractivity contribution in [1.82, 2.24) is 14.5 Å². The zero-order valence-corrected chi connectivity index (χ0v) is 19.4. The van der Waals surface area contributed by atoms with E-state index in [2.05, 4.69) is 15.5 Å². The van der Waals surface area contributed by atoms with E-state index in [1.807, 2.05) is 6.92 Å². The summed E-state index contributed by atoms with van der Waals surface area (Å²) in [5.41, 5.74) is 0.636. The molecule has 0 amide bonds. The number of aryl methyl sites for hydroxylation is 1.